The summed E-state index contributed by atoms with van der Waals surface area (Å²) in [4.78, 5) is 4.27. The number of aromatic hydroxyl groups is 1. The summed E-state index contributed by atoms with van der Waals surface area (Å²) in [6.07, 6.45) is 0. The number of aryl methyl sites for hydroxylation is 1. The van der Waals surface area contributed by atoms with Gasteiger partial charge in [0.25, 0.3) is 0 Å². The van der Waals surface area contributed by atoms with Gasteiger partial charge in [0, 0.05) is 11.4 Å². The predicted molar refractivity (Wildman–Crippen MR) is 70.3 cm³/mol. The Morgan fingerprint density at radius 3 is 2.83 bits per heavy atom. The molecule has 1 aromatic carbocycles. The van der Waals surface area contributed by atoms with Crippen LogP contribution in [0.25, 0.3) is 0 Å². The number of aromatic nitrogens is 1. The van der Waals surface area contributed by atoms with Gasteiger partial charge in [0.15, 0.2) is 0 Å². The second-order valence-electron chi connectivity index (χ2n) is 4.13. The molecule has 0 aliphatic heterocycles. The van der Waals surface area contributed by atoms with Crippen LogP contribution in [0.2, 0.25) is 0 Å². The molecule has 0 aliphatic carbocycles. The molecule has 0 atom stereocenters. The third-order valence-corrected chi connectivity index (χ3v) is 2.66. The maximum atomic E-state index is 9.67. The first-order valence-corrected chi connectivity index (χ1v) is 5.78. The molecule has 2 aromatic rings. The Kier molecular flexibility index (Phi) is 3.79. The molecule has 0 bridgehead atoms. The molecule has 0 unspecified atom stereocenters. The van der Waals surface area contributed by atoms with Crippen molar-refractivity contribution in [2.24, 2.45) is 0 Å². The van der Waals surface area contributed by atoms with E-state index in [1.165, 1.54) is 0 Å². The number of rotatable bonds is 4. The van der Waals surface area contributed by atoms with Crippen LogP contribution in [0.4, 0.5) is 5.69 Å². The van der Waals surface area contributed by atoms with Crippen molar-refractivity contribution in [3.63, 3.8) is 0 Å². The average molecular weight is 244 g/mol. The van der Waals surface area contributed by atoms with Crippen LogP contribution in [-0.2, 0) is 13.2 Å². The van der Waals surface area contributed by atoms with Crippen LogP contribution in [0.3, 0.4) is 0 Å². The van der Waals surface area contributed by atoms with Gasteiger partial charge in [0.2, 0.25) is 0 Å². The summed E-state index contributed by atoms with van der Waals surface area (Å²) in [5, 5.41) is 21.9. The van der Waals surface area contributed by atoms with Crippen molar-refractivity contribution in [1.29, 1.82) is 0 Å². The molecule has 4 nitrogen and oxygen atoms in total. The van der Waals surface area contributed by atoms with Gasteiger partial charge >= 0.3 is 0 Å². The van der Waals surface area contributed by atoms with Crippen molar-refractivity contribution in [2.75, 3.05) is 5.32 Å². The normalized spacial score (nSPS) is 10.3. The smallest absolute Gasteiger partial charge is 0.138 e. The molecule has 4 heteroatoms. The Hall–Kier alpha value is -2.07. The third kappa shape index (κ3) is 2.99. The van der Waals surface area contributed by atoms with Gasteiger partial charge in [0.1, 0.15) is 11.4 Å². The maximum absolute atomic E-state index is 9.67. The highest BCUT2D eigenvalue weighted by atomic mass is 16.3. The summed E-state index contributed by atoms with van der Waals surface area (Å²) in [6, 6.07) is 10.9. The fraction of sp³-hybridized carbons (Fsp3) is 0.214. The van der Waals surface area contributed by atoms with Gasteiger partial charge in [-0.1, -0.05) is 12.1 Å². The van der Waals surface area contributed by atoms with Gasteiger partial charge in [-0.3, -0.25) is 4.98 Å². The molecule has 0 amide bonds. The second-order valence-corrected chi connectivity index (χ2v) is 4.13. The first-order chi connectivity index (χ1) is 8.69. The van der Waals surface area contributed by atoms with E-state index in [0.29, 0.717) is 12.2 Å². The van der Waals surface area contributed by atoms with Crippen LogP contribution in [0.1, 0.15) is 17.0 Å². The maximum Gasteiger partial charge on any atom is 0.138 e. The molecule has 3 N–H and O–H groups in total. The minimum Gasteiger partial charge on any atom is -0.506 e. The number of aliphatic hydroxyl groups is 1. The zero-order chi connectivity index (χ0) is 13.0. The fourth-order valence-electron chi connectivity index (χ4n) is 1.70. The number of hydrogen-bond acceptors (Lipinski definition) is 4. The van der Waals surface area contributed by atoms with Gasteiger partial charge in [-0.2, -0.15) is 0 Å². The summed E-state index contributed by atoms with van der Waals surface area (Å²) >= 11 is 0. The Morgan fingerprint density at radius 2 is 2.06 bits per heavy atom. The van der Waals surface area contributed by atoms with E-state index in [0.717, 1.165) is 16.9 Å². The Morgan fingerprint density at radius 1 is 1.22 bits per heavy atom. The molecular formula is C14H16N2O2. The topological polar surface area (TPSA) is 65.4 Å². The molecule has 0 saturated heterocycles. The number of hydrogen-bond donors (Lipinski definition) is 3. The molecule has 94 valence electrons. The zero-order valence-electron chi connectivity index (χ0n) is 10.2. The molecule has 1 aromatic heterocycles. The minimum atomic E-state index is 0.0173. The number of aliphatic hydroxyl groups excluding tert-OH is 1. The van der Waals surface area contributed by atoms with E-state index < -0.39 is 0 Å². The van der Waals surface area contributed by atoms with Crippen LogP contribution in [0.15, 0.2) is 36.4 Å². The van der Waals surface area contributed by atoms with Crippen molar-refractivity contribution in [2.45, 2.75) is 20.1 Å². The van der Waals surface area contributed by atoms with Gasteiger partial charge in [-0.25, -0.2) is 0 Å². The summed E-state index contributed by atoms with van der Waals surface area (Å²) in [7, 11) is 0. The molecule has 0 aliphatic rings. The van der Waals surface area contributed by atoms with Gasteiger partial charge in [-0.05, 0) is 36.8 Å². The summed E-state index contributed by atoms with van der Waals surface area (Å²) < 4.78 is 0. The number of pyridine rings is 1. The van der Waals surface area contributed by atoms with Crippen LogP contribution in [0.5, 0.6) is 5.75 Å². The van der Waals surface area contributed by atoms with Crippen LogP contribution in [0, 0.1) is 6.92 Å². The molecule has 0 radical (unpaired) electrons. The van der Waals surface area contributed by atoms with Crippen LogP contribution < -0.4 is 5.32 Å². The minimum absolute atomic E-state index is 0.0173. The largest absolute Gasteiger partial charge is 0.506 e. The SMILES string of the molecule is Cc1ccc(O)c(CNc2cccc(CO)c2)n1. The summed E-state index contributed by atoms with van der Waals surface area (Å²) in [5.74, 6) is 0.186. The first kappa shape index (κ1) is 12.4. The lowest BCUT2D eigenvalue weighted by molar-refractivity contribution is 0.282. The monoisotopic (exact) mass is 244 g/mol. The van der Waals surface area contributed by atoms with E-state index >= 15 is 0 Å². The van der Waals surface area contributed by atoms with Gasteiger partial charge in [-0.15, -0.1) is 0 Å². The fourth-order valence-corrected chi connectivity index (χ4v) is 1.70. The van der Waals surface area contributed by atoms with E-state index in [1.54, 1.807) is 12.1 Å². The van der Waals surface area contributed by atoms with E-state index in [2.05, 4.69) is 10.3 Å². The highest BCUT2D eigenvalue weighted by Crippen LogP contribution is 2.17. The second kappa shape index (κ2) is 5.51. The van der Waals surface area contributed by atoms with E-state index in [9.17, 15) is 5.11 Å². The van der Waals surface area contributed by atoms with Crippen molar-refractivity contribution in [1.82, 2.24) is 4.98 Å². The van der Waals surface area contributed by atoms with E-state index in [4.69, 9.17) is 5.11 Å². The number of anilines is 1. The Balaban J connectivity index is 2.08. The lowest BCUT2D eigenvalue weighted by Gasteiger charge is -2.09. The quantitative estimate of drug-likeness (QED) is 0.771. The van der Waals surface area contributed by atoms with Crippen LogP contribution >= 0.6 is 0 Å². The van der Waals surface area contributed by atoms with Crippen molar-refractivity contribution >= 4 is 5.69 Å². The lowest BCUT2D eigenvalue weighted by atomic mass is 10.2. The Bertz CT molecular complexity index is 541. The highest BCUT2D eigenvalue weighted by molar-refractivity contribution is 5.46. The average Bonchev–Trinajstić information content (AvgIpc) is 2.40. The molecule has 0 fully saturated rings. The molecule has 0 spiro atoms. The molecule has 1 heterocycles. The van der Waals surface area contributed by atoms with Crippen molar-refractivity contribution in [3.8, 4) is 5.75 Å². The zero-order valence-corrected chi connectivity index (χ0v) is 10.2. The summed E-state index contributed by atoms with van der Waals surface area (Å²) in [5.41, 5.74) is 3.23. The van der Waals surface area contributed by atoms with Gasteiger partial charge < -0.3 is 15.5 Å². The predicted octanol–water partition coefficient (Wildman–Crippen LogP) is 2.20. The standard InChI is InChI=1S/C14H16N2O2/c1-10-5-6-14(18)13(16-10)8-15-12-4-2-3-11(7-12)9-17/h2-7,15,17-18H,8-9H2,1H3. The lowest BCUT2D eigenvalue weighted by Crippen LogP contribution is -2.03. The van der Waals surface area contributed by atoms with Crippen molar-refractivity contribution < 1.29 is 10.2 Å². The number of benzene rings is 1. The number of nitrogens with one attached hydrogen (secondary N) is 1. The first-order valence-electron chi connectivity index (χ1n) is 5.78. The van der Waals surface area contributed by atoms with Crippen molar-refractivity contribution in [3.05, 3.63) is 53.3 Å². The van der Waals surface area contributed by atoms with E-state index in [-0.39, 0.29) is 12.4 Å². The Labute approximate surface area is 106 Å². The number of nitrogens with zero attached hydrogens (tertiary/aromatic N) is 1. The third-order valence-electron chi connectivity index (χ3n) is 2.66. The van der Waals surface area contributed by atoms with Crippen LogP contribution in [-0.4, -0.2) is 15.2 Å². The van der Waals surface area contributed by atoms with Gasteiger partial charge in [0.05, 0.1) is 13.2 Å². The van der Waals surface area contributed by atoms with E-state index in [1.807, 2.05) is 31.2 Å². The molecule has 18 heavy (non-hydrogen) atoms. The molecule has 0 saturated carbocycles. The summed E-state index contributed by atoms with van der Waals surface area (Å²) in [6.45, 7) is 2.35. The molecular weight excluding hydrogens is 228 g/mol. The highest BCUT2D eigenvalue weighted by Gasteiger charge is 2.03. The molecule has 2 rings (SSSR count).